The molecular formula is C23H18F4O2. The lowest BCUT2D eigenvalue weighted by Crippen LogP contribution is -2.00. The van der Waals surface area contributed by atoms with Gasteiger partial charge in [-0.05, 0) is 35.6 Å². The molecule has 0 amide bonds. The first-order valence-electron chi connectivity index (χ1n) is 9.19. The van der Waals surface area contributed by atoms with Crippen LogP contribution >= 0.6 is 0 Å². The van der Waals surface area contributed by atoms with Crippen LogP contribution in [0.4, 0.5) is 17.6 Å². The highest BCUT2D eigenvalue weighted by Crippen LogP contribution is 2.35. The van der Waals surface area contributed by atoms with Crippen molar-refractivity contribution in [1.82, 2.24) is 0 Å². The van der Waals surface area contributed by atoms with Crippen LogP contribution in [0.25, 0.3) is 11.1 Å². The van der Waals surface area contributed by atoms with Crippen LogP contribution in [0.15, 0.2) is 48.5 Å². The fourth-order valence-electron chi connectivity index (χ4n) is 3.32. The molecule has 29 heavy (non-hydrogen) atoms. The summed E-state index contributed by atoms with van der Waals surface area (Å²) in [5.41, 5.74) is 2.06. The number of epoxide rings is 1. The molecule has 1 aliphatic rings. The molecule has 0 aromatic heterocycles. The summed E-state index contributed by atoms with van der Waals surface area (Å²) < 4.78 is 66.3. The third-order valence-corrected chi connectivity index (χ3v) is 5.09. The Bertz CT molecular complexity index is 1040. The van der Waals surface area contributed by atoms with Crippen LogP contribution in [-0.2, 0) is 17.6 Å². The summed E-state index contributed by atoms with van der Waals surface area (Å²) in [5, 5.41) is 0. The molecule has 3 aromatic rings. The Labute approximate surface area is 165 Å². The molecule has 0 bridgehead atoms. The number of aryl methyl sites for hydroxylation is 2. The van der Waals surface area contributed by atoms with Gasteiger partial charge in [0.1, 0.15) is 6.10 Å². The number of hydrogen-bond acceptors (Lipinski definition) is 2. The normalized spacial score (nSPS) is 15.4. The lowest BCUT2D eigenvalue weighted by atomic mass is 9.98. The monoisotopic (exact) mass is 402 g/mol. The van der Waals surface area contributed by atoms with E-state index in [-0.39, 0.29) is 28.5 Å². The van der Waals surface area contributed by atoms with Crippen molar-refractivity contribution >= 4 is 0 Å². The maximum atomic E-state index is 14.4. The minimum Gasteiger partial charge on any atom is -0.494 e. The predicted molar refractivity (Wildman–Crippen MR) is 101 cm³/mol. The molecule has 1 heterocycles. The zero-order valence-electron chi connectivity index (χ0n) is 15.6. The third kappa shape index (κ3) is 3.85. The minimum absolute atomic E-state index is 0.135. The van der Waals surface area contributed by atoms with Gasteiger partial charge in [-0.15, -0.1) is 0 Å². The Morgan fingerprint density at radius 1 is 0.828 bits per heavy atom. The molecule has 0 spiro atoms. The molecule has 4 rings (SSSR count). The van der Waals surface area contributed by atoms with E-state index in [1.807, 2.05) is 0 Å². The molecule has 0 aliphatic carbocycles. The summed E-state index contributed by atoms with van der Waals surface area (Å²) >= 11 is 0. The van der Waals surface area contributed by atoms with Crippen molar-refractivity contribution in [2.75, 3.05) is 13.7 Å². The number of ether oxygens (including phenoxy) is 2. The van der Waals surface area contributed by atoms with Crippen molar-refractivity contribution in [1.29, 1.82) is 0 Å². The van der Waals surface area contributed by atoms with E-state index in [9.17, 15) is 17.6 Å². The Balaban J connectivity index is 1.49. The van der Waals surface area contributed by atoms with E-state index in [4.69, 9.17) is 9.47 Å². The quantitative estimate of drug-likeness (QED) is 0.385. The van der Waals surface area contributed by atoms with Gasteiger partial charge < -0.3 is 9.47 Å². The fraction of sp³-hybridized carbons (Fsp3) is 0.217. The lowest BCUT2D eigenvalue weighted by molar-refractivity contribution is 0.370. The zero-order valence-corrected chi connectivity index (χ0v) is 15.6. The molecule has 1 unspecified atom stereocenters. The standard InChI is InChI=1S/C23H18F4O2/c1-28-18-11-8-15(20(24)23(18)27)7-4-13-2-5-14(6-3-13)16-9-10-17(19-12-29-19)22(26)21(16)25/h2-3,5-6,8-11,19H,4,7,12H2,1H3. The molecule has 150 valence electrons. The van der Waals surface area contributed by atoms with E-state index >= 15 is 0 Å². The Morgan fingerprint density at radius 2 is 1.55 bits per heavy atom. The number of halogens is 4. The highest BCUT2D eigenvalue weighted by molar-refractivity contribution is 5.65. The number of methoxy groups -OCH3 is 1. The van der Waals surface area contributed by atoms with E-state index in [2.05, 4.69) is 0 Å². The van der Waals surface area contributed by atoms with Crippen molar-refractivity contribution in [2.45, 2.75) is 18.9 Å². The van der Waals surface area contributed by atoms with Crippen LogP contribution < -0.4 is 4.74 Å². The first-order chi connectivity index (χ1) is 14.0. The minimum atomic E-state index is -1.00. The predicted octanol–water partition coefficient (Wildman–Crippen LogP) is 5.78. The van der Waals surface area contributed by atoms with Crippen molar-refractivity contribution in [2.24, 2.45) is 0 Å². The average Bonchev–Trinajstić information content (AvgIpc) is 3.57. The molecule has 6 heteroatoms. The largest absolute Gasteiger partial charge is 0.494 e. The van der Waals surface area contributed by atoms with E-state index in [0.29, 0.717) is 25.0 Å². The number of hydrogen-bond donors (Lipinski definition) is 0. The molecule has 1 atom stereocenters. The van der Waals surface area contributed by atoms with Crippen molar-refractivity contribution in [3.05, 3.63) is 88.5 Å². The van der Waals surface area contributed by atoms with E-state index in [1.165, 1.54) is 19.2 Å². The molecule has 0 saturated carbocycles. The van der Waals surface area contributed by atoms with E-state index in [1.54, 1.807) is 36.4 Å². The first-order valence-corrected chi connectivity index (χ1v) is 9.19. The maximum Gasteiger partial charge on any atom is 0.200 e. The van der Waals surface area contributed by atoms with Crippen LogP contribution in [0.3, 0.4) is 0 Å². The Kier molecular flexibility index (Phi) is 5.28. The highest BCUT2D eigenvalue weighted by atomic mass is 19.2. The second kappa shape index (κ2) is 7.87. The van der Waals surface area contributed by atoms with Crippen LogP contribution in [0.2, 0.25) is 0 Å². The zero-order chi connectivity index (χ0) is 20.5. The van der Waals surface area contributed by atoms with Crippen molar-refractivity contribution < 1.29 is 27.0 Å². The van der Waals surface area contributed by atoms with Gasteiger partial charge in [-0.2, -0.15) is 4.39 Å². The molecule has 1 saturated heterocycles. The topological polar surface area (TPSA) is 21.8 Å². The first kappa shape index (κ1) is 19.5. The molecule has 3 aromatic carbocycles. The van der Waals surface area contributed by atoms with E-state index in [0.717, 1.165) is 5.56 Å². The maximum absolute atomic E-state index is 14.4. The Morgan fingerprint density at radius 3 is 2.21 bits per heavy atom. The fourth-order valence-corrected chi connectivity index (χ4v) is 3.32. The second-order valence-corrected chi connectivity index (χ2v) is 6.90. The summed E-state index contributed by atoms with van der Waals surface area (Å²) in [6.45, 7) is 0.406. The van der Waals surface area contributed by atoms with Crippen molar-refractivity contribution in [3.63, 3.8) is 0 Å². The molecule has 0 radical (unpaired) electrons. The van der Waals surface area contributed by atoms with Crippen LogP contribution in [0.5, 0.6) is 5.75 Å². The molecule has 2 nitrogen and oxygen atoms in total. The van der Waals surface area contributed by atoms with Crippen LogP contribution in [0, 0.1) is 23.3 Å². The van der Waals surface area contributed by atoms with Crippen LogP contribution in [0.1, 0.15) is 22.8 Å². The van der Waals surface area contributed by atoms with Gasteiger partial charge >= 0.3 is 0 Å². The van der Waals surface area contributed by atoms with Gasteiger partial charge in [0.2, 0.25) is 5.82 Å². The van der Waals surface area contributed by atoms with Gasteiger partial charge in [-0.25, -0.2) is 13.2 Å². The Hall–Kier alpha value is -2.86. The summed E-state index contributed by atoms with van der Waals surface area (Å²) in [7, 11) is 1.28. The van der Waals surface area contributed by atoms with Crippen LogP contribution in [-0.4, -0.2) is 13.7 Å². The molecule has 0 N–H and O–H groups in total. The third-order valence-electron chi connectivity index (χ3n) is 5.09. The van der Waals surface area contributed by atoms with Gasteiger partial charge in [0.05, 0.1) is 13.7 Å². The molecule has 1 aliphatic heterocycles. The SMILES string of the molecule is COc1ccc(CCc2ccc(-c3ccc(C4CO4)c(F)c3F)cc2)c(F)c1F. The smallest absolute Gasteiger partial charge is 0.200 e. The number of rotatable bonds is 6. The average molecular weight is 402 g/mol. The van der Waals surface area contributed by atoms with E-state index < -0.39 is 23.3 Å². The summed E-state index contributed by atoms with van der Waals surface area (Å²) in [4.78, 5) is 0. The van der Waals surface area contributed by atoms with Gasteiger partial charge in [0.25, 0.3) is 0 Å². The second-order valence-electron chi connectivity index (χ2n) is 6.90. The van der Waals surface area contributed by atoms with Gasteiger partial charge in [0.15, 0.2) is 23.2 Å². The molecular weight excluding hydrogens is 384 g/mol. The molecule has 1 fully saturated rings. The van der Waals surface area contributed by atoms with Crippen molar-refractivity contribution in [3.8, 4) is 16.9 Å². The summed E-state index contributed by atoms with van der Waals surface area (Å²) in [5.74, 6) is -3.84. The number of benzene rings is 3. The van der Waals surface area contributed by atoms with Gasteiger partial charge in [-0.1, -0.05) is 42.5 Å². The highest BCUT2D eigenvalue weighted by Gasteiger charge is 2.30. The van der Waals surface area contributed by atoms with Gasteiger partial charge in [-0.3, -0.25) is 0 Å². The summed E-state index contributed by atoms with van der Waals surface area (Å²) in [6.07, 6.45) is 0.410. The lowest BCUT2D eigenvalue weighted by Gasteiger charge is -2.10. The van der Waals surface area contributed by atoms with Gasteiger partial charge in [0, 0.05) is 11.1 Å². The summed E-state index contributed by atoms with van der Waals surface area (Å²) in [6, 6.07) is 12.9.